The Morgan fingerprint density at radius 2 is 2.12 bits per heavy atom. The molecule has 1 fully saturated rings. The summed E-state index contributed by atoms with van der Waals surface area (Å²) in [7, 11) is 0. The number of fused-ring (bicyclic) bond motifs is 1. The van der Waals surface area contributed by atoms with Crippen LogP contribution < -0.4 is 10.9 Å². The smallest absolute Gasteiger partial charge is 0.361 e. The van der Waals surface area contributed by atoms with Gasteiger partial charge in [0.05, 0.1) is 6.61 Å². The maximum atomic E-state index is 12.9. The van der Waals surface area contributed by atoms with Gasteiger partial charge < -0.3 is 14.6 Å². The molecule has 140 valence electrons. The summed E-state index contributed by atoms with van der Waals surface area (Å²) in [5.41, 5.74) is -0.826. The van der Waals surface area contributed by atoms with Crippen molar-refractivity contribution in [3.05, 3.63) is 22.4 Å². The first-order chi connectivity index (χ1) is 12.6. The standard InChI is InChI=1S/C17H22N4O5/c1-3-11(14(22)19-10-7-5-6-8-10)21-9-18-15-12(16(21)23)13(20-26-15)17(24)25-4-2/h9-11H,3-8H2,1-2H3,(H,19,22)/t11-/m1/s1. The highest BCUT2D eigenvalue weighted by Crippen LogP contribution is 2.20. The molecule has 1 atom stereocenters. The third-order valence-electron chi connectivity index (χ3n) is 4.62. The predicted molar refractivity (Wildman–Crippen MR) is 91.7 cm³/mol. The Kier molecular flexibility index (Phi) is 5.34. The van der Waals surface area contributed by atoms with Gasteiger partial charge in [0.25, 0.3) is 11.3 Å². The molecule has 1 aliphatic carbocycles. The van der Waals surface area contributed by atoms with Crippen molar-refractivity contribution in [1.82, 2.24) is 20.0 Å². The van der Waals surface area contributed by atoms with Crippen LogP contribution in [0.5, 0.6) is 0 Å². The number of nitrogens with zero attached hydrogens (tertiary/aromatic N) is 3. The van der Waals surface area contributed by atoms with Gasteiger partial charge in [0, 0.05) is 6.04 Å². The molecule has 0 spiro atoms. The van der Waals surface area contributed by atoms with Crippen LogP contribution in [-0.4, -0.2) is 39.2 Å². The first-order valence-corrected chi connectivity index (χ1v) is 8.90. The number of nitrogens with one attached hydrogen (secondary N) is 1. The number of hydrogen-bond acceptors (Lipinski definition) is 7. The lowest BCUT2D eigenvalue weighted by Gasteiger charge is -2.20. The molecule has 1 N–H and O–H groups in total. The highest BCUT2D eigenvalue weighted by molar-refractivity contribution is 5.99. The highest BCUT2D eigenvalue weighted by atomic mass is 16.5. The minimum absolute atomic E-state index is 0.0552. The Labute approximate surface area is 149 Å². The van der Waals surface area contributed by atoms with E-state index in [1.54, 1.807) is 6.92 Å². The lowest BCUT2D eigenvalue weighted by Crippen LogP contribution is -2.41. The van der Waals surface area contributed by atoms with Crippen LogP contribution in [0.25, 0.3) is 11.1 Å². The molecule has 0 saturated heterocycles. The van der Waals surface area contributed by atoms with Crippen LogP contribution in [0.15, 0.2) is 15.6 Å². The van der Waals surface area contributed by atoms with Crippen molar-refractivity contribution in [2.75, 3.05) is 6.61 Å². The van der Waals surface area contributed by atoms with Crippen LogP contribution in [0.2, 0.25) is 0 Å². The van der Waals surface area contributed by atoms with E-state index in [1.165, 1.54) is 10.9 Å². The van der Waals surface area contributed by atoms with Gasteiger partial charge in [0.2, 0.25) is 11.6 Å². The van der Waals surface area contributed by atoms with Crippen LogP contribution in [0.1, 0.15) is 62.5 Å². The molecule has 9 heteroatoms. The Morgan fingerprint density at radius 1 is 1.38 bits per heavy atom. The molecule has 2 aromatic rings. The molecular formula is C17H22N4O5. The van der Waals surface area contributed by atoms with Crippen LogP contribution in [0.3, 0.4) is 0 Å². The van der Waals surface area contributed by atoms with Gasteiger partial charge in [0.15, 0.2) is 0 Å². The molecular weight excluding hydrogens is 340 g/mol. The molecule has 0 bridgehead atoms. The van der Waals surface area contributed by atoms with Crippen molar-refractivity contribution < 1.29 is 18.8 Å². The number of carbonyl (C=O) groups excluding carboxylic acids is 2. The van der Waals surface area contributed by atoms with E-state index in [9.17, 15) is 14.4 Å². The molecule has 2 heterocycles. The minimum atomic E-state index is -0.758. The summed E-state index contributed by atoms with van der Waals surface area (Å²) in [5, 5.41) is 6.53. The van der Waals surface area contributed by atoms with E-state index in [0.29, 0.717) is 6.42 Å². The lowest BCUT2D eigenvalue weighted by molar-refractivity contribution is -0.125. The summed E-state index contributed by atoms with van der Waals surface area (Å²) < 4.78 is 11.1. The summed E-state index contributed by atoms with van der Waals surface area (Å²) in [6.07, 6.45) is 5.76. The normalized spacial score (nSPS) is 15.9. The van der Waals surface area contributed by atoms with Gasteiger partial charge in [-0.3, -0.25) is 14.2 Å². The van der Waals surface area contributed by atoms with Gasteiger partial charge in [-0.2, -0.15) is 0 Å². The van der Waals surface area contributed by atoms with Crippen LogP contribution >= 0.6 is 0 Å². The Balaban J connectivity index is 1.96. The quantitative estimate of drug-likeness (QED) is 0.775. The molecule has 26 heavy (non-hydrogen) atoms. The summed E-state index contributed by atoms with van der Waals surface area (Å²) >= 11 is 0. The summed E-state index contributed by atoms with van der Waals surface area (Å²) in [5.74, 6) is -0.983. The van der Waals surface area contributed by atoms with E-state index >= 15 is 0 Å². The van der Waals surface area contributed by atoms with E-state index in [1.807, 2.05) is 6.92 Å². The Morgan fingerprint density at radius 3 is 2.77 bits per heavy atom. The second kappa shape index (κ2) is 7.67. The van der Waals surface area contributed by atoms with E-state index in [-0.39, 0.29) is 35.3 Å². The number of rotatable bonds is 6. The summed E-state index contributed by atoms with van der Waals surface area (Å²) in [4.78, 5) is 41.6. The summed E-state index contributed by atoms with van der Waals surface area (Å²) in [6, 6.07) is -0.570. The van der Waals surface area contributed by atoms with E-state index < -0.39 is 17.6 Å². The van der Waals surface area contributed by atoms with Crippen molar-refractivity contribution in [2.24, 2.45) is 0 Å². The van der Waals surface area contributed by atoms with Crippen molar-refractivity contribution >= 4 is 23.0 Å². The number of carbonyl (C=O) groups is 2. The number of esters is 1. The fourth-order valence-corrected chi connectivity index (χ4v) is 3.30. The van der Waals surface area contributed by atoms with Gasteiger partial charge >= 0.3 is 5.97 Å². The molecule has 2 aromatic heterocycles. The molecule has 0 radical (unpaired) electrons. The Hall–Kier alpha value is -2.71. The van der Waals surface area contributed by atoms with Gasteiger partial charge in [-0.1, -0.05) is 24.9 Å². The second-order valence-electron chi connectivity index (χ2n) is 6.30. The zero-order chi connectivity index (χ0) is 18.7. The fraction of sp³-hybridized carbons (Fsp3) is 0.588. The molecule has 0 unspecified atom stereocenters. The minimum Gasteiger partial charge on any atom is -0.461 e. The van der Waals surface area contributed by atoms with E-state index in [2.05, 4.69) is 15.5 Å². The van der Waals surface area contributed by atoms with Crippen molar-refractivity contribution in [3.63, 3.8) is 0 Å². The largest absolute Gasteiger partial charge is 0.461 e. The number of aromatic nitrogens is 3. The molecule has 0 aliphatic heterocycles. The van der Waals surface area contributed by atoms with Crippen molar-refractivity contribution in [2.45, 2.75) is 58.0 Å². The SMILES string of the molecule is CCOC(=O)c1noc2ncn([C@H](CC)C(=O)NC3CCCC3)c(=O)c12. The van der Waals surface area contributed by atoms with Gasteiger partial charge in [-0.15, -0.1) is 0 Å². The summed E-state index contributed by atoms with van der Waals surface area (Å²) in [6.45, 7) is 3.61. The van der Waals surface area contributed by atoms with E-state index in [4.69, 9.17) is 9.26 Å². The molecule has 1 aliphatic rings. The molecule has 1 saturated carbocycles. The zero-order valence-corrected chi connectivity index (χ0v) is 14.9. The van der Waals surface area contributed by atoms with Crippen LogP contribution in [0, 0.1) is 0 Å². The predicted octanol–water partition coefficient (Wildman–Crippen LogP) is 1.57. The molecule has 3 rings (SSSR count). The monoisotopic (exact) mass is 362 g/mol. The topological polar surface area (TPSA) is 116 Å². The van der Waals surface area contributed by atoms with Crippen molar-refractivity contribution in [1.29, 1.82) is 0 Å². The highest BCUT2D eigenvalue weighted by Gasteiger charge is 2.28. The lowest BCUT2D eigenvalue weighted by atomic mass is 10.1. The second-order valence-corrected chi connectivity index (χ2v) is 6.30. The maximum Gasteiger partial charge on any atom is 0.361 e. The maximum absolute atomic E-state index is 12.9. The molecule has 1 amide bonds. The molecule has 0 aromatic carbocycles. The van der Waals surface area contributed by atoms with E-state index in [0.717, 1.165) is 25.7 Å². The first kappa shape index (κ1) is 18.1. The number of amides is 1. The van der Waals surface area contributed by atoms with Crippen molar-refractivity contribution in [3.8, 4) is 0 Å². The average Bonchev–Trinajstić information content (AvgIpc) is 3.27. The Bertz CT molecular complexity index is 866. The van der Waals surface area contributed by atoms with Gasteiger partial charge in [-0.25, -0.2) is 9.78 Å². The average molecular weight is 362 g/mol. The fourth-order valence-electron chi connectivity index (χ4n) is 3.30. The van der Waals surface area contributed by atoms with Gasteiger partial charge in [0.1, 0.15) is 17.8 Å². The number of hydrogen-bond donors (Lipinski definition) is 1. The molecule has 9 nitrogen and oxygen atoms in total. The third kappa shape index (κ3) is 3.33. The third-order valence-corrected chi connectivity index (χ3v) is 4.62. The van der Waals surface area contributed by atoms with Crippen LogP contribution in [0.4, 0.5) is 0 Å². The number of ether oxygens (including phenoxy) is 1. The van der Waals surface area contributed by atoms with Crippen LogP contribution in [-0.2, 0) is 9.53 Å². The first-order valence-electron chi connectivity index (χ1n) is 8.90. The zero-order valence-electron chi connectivity index (χ0n) is 14.9. The van der Waals surface area contributed by atoms with Gasteiger partial charge in [-0.05, 0) is 26.2 Å².